The van der Waals surface area contributed by atoms with E-state index in [0.717, 1.165) is 5.69 Å². The maximum absolute atomic E-state index is 11.6. The molecule has 1 amide bonds. The van der Waals surface area contributed by atoms with Gasteiger partial charge in [0.25, 0.3) is 5.91 Å². The van der Waals surface area contributed by atoms with Crippen molar-refractivity contribution in [3.63, 3.8) is 0 Å². The minimum atomic E-state index is -0.0506. The van der Waals surface area contributed by atoms with Gasteiger partial charge in [-0.1, -0.05) is 6.92 Å². The van der Waals surface area contributed by atoms with Crippen LogP contribution in [-0.4, -0.2) is 24.0 Å². The second-order valence-corrected chi connectivity index (χ2v) is 4.17. The van der Waals surface area contributed by atoms with E-state index in [4.69, 9.17) is 5.73 Å². The first-order valence-corrected chi connectivity index (χ1v) is 5.41. The summed E-state index contributed by atoms with van der Waals surface area (Å²) in [6, 6.07) is 0. The van der Waals surface area contributed by atoms with E-state index >= 15 is 0 Å². The number of rotatable bonds is 4. The summed E-state index contributed by atoms with van der Waals surface area (Å²) in [5.74, 6) is 0.262. The van der Waals surface area contributed by atoms with Crippen molar-refractivity contribution >= 4 is 17.2 Å². The number of amides is 1. The van der Waals surface area contributed by atoms with Gasteiger partial charge in [0, 0.05) is 6.54 Å². The van der Waals surface area contributed by atoms with Crippen LogP contribution in [0.1, 0.15) is 22.3 Å². The SMILES string of the molecule is Cc1ncsc1C(=O)NCC(C)CN. The molecule has 1 aromatic rings. The van der Waals surface area contributed by atoms with Crippen LogP contribution in [0.15, 0.2) is 5.51 Å². The van der Waals surface area contributed by atoms with Crippen molar-refractivity contribution in [1.82, 2.24) is 10.3 Å². The van der Waals surface area contributed by atoms with Gasteiger partial charge in [-0.25, -0.2) is 4.98 Å². The fourth-order valence-electron chi connectivity index (χ4n) is 0.950. The molecule has 78 valence electrons. The molecule has 1 unspecified atom stereocenters. The number of aromatic nitrogens is 1. The number of carbonyl (C=O) groups is 1. The van der Waals surface area contributed by atoms with Gasteiger partial charge in [-0.3, -0.25) is 4.79 Å². The van der Waals surface area contributed by atoms with Gasteiger partial charge in [0.2, 0.25) is 0 Å². The first kappa shape index (κ1) is 11.1. The molecule has 0 aliphatic carbocycles. The average Bonchev–Trinajstić information content (AvgIpc) is 2.60. The Morgan fingerprint density at radius 2 is 2.50 bits per heavy atom. The van der Waals surface area contributed by atoms with Crippen molar-refractivity contribution < 1.29 is 4.79 Å². The highest BCUT2D eigenvalue weighted by atomic mass is 32.1. The van der Waals surface area contributed by atoms with Gasteiger partial charge in [-0.15, -0.1) is 11.3 Å². The van der Waals surface area contributed by atoms with Crippen molar-refractivity contribution in [2.45, 2.75) is 13.8 Å². The number of nitrogens with one attached hydrogen (secondary N) is 1. The first-order chi connectivity index (χ1) is 6.65. The Morgan fingerprint density at radius 3 is 3.00 bits per heavy atom. The topological polar surface area (TPSA) is 68.0 Å². The fourth-order valence-corrected chi connectivity index (χ4v) is 1.67. The van der Waals surface area contributed by atoms with E-state index in [0.29, 0.717) is 23.9 Å². The molecule has 0 fully saturated rings. The minimum Gasteiger partial charge on any atom is -0.351 e. The van der Waals surface area contributed by atoms with E-state index in [1.54, 1.807) is 5.51 Å². The highest BCUT2D eigenvalue weighted by Gasteiger charge is 2.11. The van der Waals surface area contributed by atoms with Gasteiger partial charge in [-0.05, 0) is 19.4 Å². The highest BCUT2D eigenvalue weighted by molar-refractivity contribution is 7.11. The number of thiazole rings is 1. The summed E-state index contributed by atoms with van der Waals surface area (Å²) in [4.78, 5) is 16.3. The molecular weight excluding hydrogens is 198 g/mol. The van der Waals surface area contributed by atoms with Crippen LogP contribution < -0.4 is 11.1 Å². The monoisotopic (exact) mass is 213 g/mol. The van der Waals surface area contributed by atoms with Crippen LogP contribution in [0.2, 0.25) is 0 Å². The second-order valence-electron chi connectivity index (χ2n) is 3.32. The number of carbonyl (C=O) groups excluding carboxylic acids is 1. The molecule has 3 N–H and O–H groups in total. The van der Waals surface area contributed by atoms with Crippen molar-refractivity contribution in [3.8, 4) is 0 Å². The van der Waals surface area contributed by atoms with E-state index < -0.39 is 0 Å². The van der Waals surface area contributed by atoms with E-state index in [2.05, 4.69) is 10.3 Å². The Balaban J connectivity index is 2.47. The smallest absolute Gasteiger partial charge is 0.263 e. The molecule has 1 rings (SSSR count). The third-order valence-corrected chi connectivity index (χ3v) is 2.89. The molecule has 0 saturated carbocycles. The summed E-state index contributed by atoms with van der Waals surface area (Å²) in [5.41, 5.74) is 7.91. The highest BCUT2D eigenvalue weighted by Crippen LogP contribution is 2.11. The molecule has 5 heteroatoms. The number of hydrogen-bond donors (Lipinski definition) is 2. The maximum atomic E-state index is 11.6. The molecule has 0 aliphatic rings. The van der Waals surface area contributed by atoms with Gasteiger partial charge in [0.1, 0.15) is 4.88 Å². The Hall–Kier alpha value is -0.940. The average molecular weight is 213 g/mol. The molecule has 4 nitrogen and oxygen atoms in total. The zero-order chi connectivity index (χ0) is 10.6. The van der Waals surface area contributed by atoms with Gasteiger partial charge in [0.05, 0.1) is 11.2 Å². The van der Waals surface area contributed by atoms with Crippen LogP contribution in [0.4, 0.5) is 0 Å². The lowest BCUT2D eigenvalue weighted by Gasteiger charge is -2.09. The summed E-state index contributed by atoms with van der Waals surface area (Å²) in [5, 5.41) is 2.83. The molecule has 0 aromatic carbocycles. The molecule has 1 aromatic heterocycles. The van der Waals surface area contributed by atoms with E-state index in [9.17, 15) is 4.79 Å². The predicted octanol–water partition coefficient (Wildman–Crippen LogP) is 0.776. The zero-order valence-electron chi connectivity index (χ0n) is 8.41. The van der Waals surface area contributed by atoms with Gasteiger partial charge >= 0.3 is 0 Å². The summed E-state index contributed by atoms with van der Waals surface area (Å²) >= 11 is 1.36. The Kier molecular flexibility index (Phi) is 4.03. The fraction of sp³-hybridized carbons (Fsp3) is 0.556. The standard InChI is InChI=1S/C9H15N3OS/c1-6(3-10)4-11-9(13)8-7(2)12-5-14-8/h5-6H,3-4,10H2,1-2H3,(H,11,13). The lowest BCUT2D eigenvalue weighted by Crippen LogP contribution is -2.31. The lowest BCUT2D eigenvalue weighted by atomic mass is 10.2. The Bertz CT molecular complexity index is 311. The normalized spacial score (nSPS) is 12.5. The van der Waals surface area contributed by atoms with Crippen LogP contribution in [0.25, 0.3) is 0 Å². The molecule has 0 saturated heterocycles. The van der Waals surface area contributed by atoms with Crippen LogP contribution in [0.3, 0.4) is 0 Å². The number of nitrogens with zero attached hydrogens (tertiary/aromatic N) is 1. The van der Waals surface area contributed by atoms with Crippen LogP contribution in [0.5, 0.6) is 0 Å². The lowest BCUT2D eigenvalue weighted by molar-refractivity contribution is 0.0952. The van der Waals surface area contributed by atoms with E-state index in [-0.39, 0.29) is 5.91 Å². The number of nitrogens with two attached hydrogens (primary N) is 1. The summed E-state index contributed by atoms with van der Waals surface area (Å²) in [7, 11) is 0. The molecule has 0 spiro atoms. The predicted molar refractivity (Wildman–Crippen MR) is 57.4 cm³/mol. The maximum Gasteiger partial charge on any atom is 0.263 e. The number of aryl methyl sites for hydroxylation is 1. The van der Waals surface area contributed by atoms with E-state index in [1.165, 1.54) is 11.3 Å². The molecule has 1 atom stereocenters. The third-order valence-electron chi connectivity index (χ3n) is 1.97. The van der Waals surface area contributed by atoms with Crippen LogP contribution in [-0.2, 0) is 0 Å². The molecule has 14 heavy (non-hydrogen) atoms. The molecule has 0 aliphatic heterocycles. The zero-order valence-corrected chi connectivity index (χ0v) is 9.23. The summed E-state index contributed by atoms with van der Waals surface area (Å²) in [6.45, 7) is 5.03. The van der Waals surface area contributed by atoms with E-state index in [1.807, 2.05) is 13.8 Å². The quantitative estimate of drug-likeness (QED) is 0.776. The second kappa shape index (κ2) is 5.07. The van der Waals surface area contributed by atoms with Crippen LogP contribution in [0, 0.1) is 12.8 Å². The Labute approximate surface area is 87.5 Å². The van der Waals surface area contributed by atoms with Gasteiger partial charge < -0.3 is 11.1 Å². The third kappa shape index (κ3) is 2.78. The Morgan fingerprint density at radius 1 is 1.79 bits per heavy atom. The first-order valence-electron chi connectivity index (χ1n) is 4.53. The van der Waals surface area contributed by atoms with Gasteiger partial charge in [0.15, 0.2) is 0 Å². The van der Waals surface area contributed by atoms with Crippen LogP contribution >= 0.6 is 11.3 Å². The van der Waals surface area contributed by atoms with Gasteiger partial charge in [-0.2, -0.15) is 0 Å². The molecule has 0 bridgehead atoms. The van der Waals surface area contributed by atoms with Crippen molar-refractivity contribution in [2.75, 3.05) is 13.1 Å². The van der Waals surface area contributed by atoms with Crippen molar-refractivity contribution in [1.29, 1.82) is 0 Å². The van der Waals surface area contributed by atoms with Crippen molar-refractivity contribution in [3.05, 3.63) is 16.1 Å². The number of hydrogen-bond acceptors (Lipinski definition) is 4. The summed E-state index contributed by atoms with van der Waals surface area (Å²) in [6.07, 6.45) is 0. The summed E-state index contributed by atoms with van der Waals surface area (Å²) < 4.78 is 0. The largest absolute Gasteiger partial charge is 0.351 e. The molecule has 0 radical (unpaired) electrons. The molecular formula is C9H15N3OS. The molecule has 1 heterocycles. The minimum absolute atomic E-state index is 0.0506. The van der Waals surface area contributed by atoms with Crippen molar-refractivity contribution in [2.24, 2.45) is 11.7 Å².